The lowest BCUT2D eigenvalue weighted by atomic mass is 9.99. The fourth-order valence-electron chi connectivity index (χ4n) is 1.21. The minimum Gasteiger partial charge on any atom is -0.504 e. The van der Waals surface area contributed by atoms with Gasteiger partial charge in [0, 0.05) is 0 Å². The Hall–Kier alpha value is -2.24. The van der Waals surface area contributed by atoms with Crippen LogP contribution in [-0.2, 0) is 16.0 Å². The van der Waals surface area contributed by atoms with Gasteiger partial charge in [-0.2, -0.15) is 0 Å². The van der Waals surface area contributed by atoms with Gasteiger partial charge in [-0.3, -0.25) is 9.59 Å². The minimum absolute atomic E-state index is 0.251. The molecule has 1 aromatic carbocycles. The summed E-state index contributed by atoms with van der Waals surface area (Å²) in [4.78, 5) is 21.2. The summed E-state index contributed by atoms with van der Waals surface area (Å²) in [6.45, 7) is 0. The van der Waals surface area contributed by atoms with Gasteiger partial charge in [0.2, 0.25) is 0 Å². The number of rotatable bonds is 4. The standard InChI is InChI=1S/C10H10O6/c11-7-2-1-5(4-8(7)12)3-6(9(13)14)10(15)16/h1-2,4,6,11-12H,3H2,(H,13,14)(H,15,16). The molecule has 86 valence electrons. The van der Waals surface area contributed by atoms with E-state index in [0.717, 1.165) is 6.07 Å². The molecule has 0 amide bonds. The quantitative estimate of drug-likeness (QED) is 0.437. The Morgan fingerprint density at radius 1 is 1.06 bits per heavy atom. The molecule has 0 aliphatic carbocycles. The van der Waals surface area contributed by atoms with Crippen LogP contribution < -0.4 is 0 Å². The summed E-state index contributed by atoms with van der Waals surface area (Å²) < 4.78 is 0. The molecule has 16 heavy (non-hydrogen) atoms. The Morgan fingerprint density at radius 2 is 1.62 bits per heavy atom. The van der Waals surface area contributed by atoms with E-state index in [-0.39, 0.29) is 12.2 Å². The van der Waals surface area contributed by atoms with Crippen molar-refractivity contribution in [3.05, 3.63) is 23.8 Å². The zero-order chi connectivity index (χ0) is 12.3. The van der Waals surface area contributed by atoms with E-state index < -0.39 is 23.6 Å². The first kappa shape index (κ1) is 11.8. The number of aromatic hydroxyl groups is 2. The van der Waals surface area contributed by atoms with E-state index in [2.05, 4.69) is 0 Å². The number of hydrogen-bond acceptors (Lipinski definition) is 4. The largest absolute Gasteiger partial charge is 0.504 e. The molecule has 0 saturated carbocycles. The van der Waals surface area contributed by atoms with Gasteiger partial charge in [-0.1, -0.05) is 6.07 Å². The van der Waals surface area contributed by atoms with Crippen LogP contribution in [0.5, 0.6) is 11.5 Å². The molecule has 0 aromatic heterocycles. The zero-order valence-electron chi connectivity index (χ0n) is 8.12. The molecule has 0 heterocycles. The second-order valence-electron chi connectivity index (χ2n) is 3.26. The molecule has 6 heteroatoms. The van der Waals surface area contributed by atoms with Gasteiger partial charge >= 0.3 is 11.9 Å². The summed E-state index contributed by atoms with van der Waals surface area (Å²) in [6.07, 6.45) is -0.251. The molecule has 4 N–H and O–H groups in total. The van der Waals surface area contributed by atoms with Gasteiger partial charge in [0.1, 0.15) is 0 Å². The molecular formula is C10H10O6. The average Bonchev–Trinajstić information content (AvgIpc) is 2.18. The number of hydrogen-bond donors (Lipinski definition) is 4. The molecular weight excluding hydrogens is 216 g/mol. The predicted octanol–water partition coefficient (Wildman–Crippen LogP) is 0.426. The number of phenolic OH excluding ortho intramolecular Hbond substituents is 2. The van der Waals surface area contributed by atoms with E-state index in [1.165, 1.54) is 12.1 Å². The van der Waals surface area contributed by atoms with Crippen molar-refractivity contribution in [1.82, 2.24) is 0 Å². The highest BCUT2D eigenvalue weighted by atomic mass is 16.4. The van der Waals surface area contributed by atoms with E-state index in [9.17, 15) is 9.59 Å². The first-order valence-electron chi connectivity index (χ1n) is 4.38. The number of aliphatic carboxylic acids is 2. The highest BCUT2D eigenvalue weighted by Crippen LogP contribution is 2.26. The van der Waals surface area contributed by atoms with Crippen LogP contribution in [0.25, 0.3) is 0 Å². The number of benzene rings is 1. The van der Waals surface area contributed by atoms with Crippen LogP contribution >= 0.6 is 0 Å². The normalized spacial score (nSPS) is 10.3. The first-order chi connectivity index (χ1) is 7.41. The van der Waals surface area contributed by atoms with Crippen molar-refractivity contribution in [3.8, 4) is 11.5 Å². The van der Waals surface area contributed by atoms with Crippen molar-refractivity contribution in [2.45, 2.75) is 6.42 Å². The van der Waals surface area contributed by atoms with Crippen molar-refractivity contribution in [2.75, 3.05) is 0 Å². The Kier molecular flexibility index (Phi) is 3.34. The van der Waals surface area contributed by atoms with Gasteiger partial charge < -0.3 is 20.4 Å². The number of carboxylic acids is 2. The van der Waals surface area contributed by atoms with E-state index in [1.807, 2.05) is 0 Å². The minimum atomic E-state index is -1.57. The van der Waals surface area contributed by atoms with Crippen LogP contribution in [0, 0.1) is 5.92 Å². The Morgan fingerprint density at radius 3 is 2.06 bits per heavy atom. The number of phenols is 2. The molecule has 0 saturated heterocycles. The fraction of sp³-hybridized carbons (Fsp3) is 0.200. The maximum atomic E-state index is 10.6. The molecule has 0 fully saturated rings. The van der Waals surface area contributed by atoms with Gasteiger partial charge in [-0.15, -0.1) is 0 Å². The van der Waals surface area contributed by atoms with Crippen molar-refractivity contribution >= 4 is 11.9 Å². The number of carboxylic acid groups (broad SMARTS) is 2. The summed E-state index contributed by atoms with van der Waals surface area (Å²) in [5.41, 5.74) is 0.324. The first-order valence-corrected chi connectivity index (χ1v) is 4.38. The molecule has 0 radical (unpaired) electrons. The maximum Gasteiger partial charge on any atom is 0.318 e. The third-order valence-corrected chi connectivity index (χ3v) is 2.08. The van der Waals surface area contributed by atoms with Crippen molar-refractivity contribution in [1.29, 1.82) is 0 Å². The molecule has 0 bridgehead atoms. The van der Waals surface area contributed by atoms with Crippen molar-refractivity contribution in [2.24, 2.45) is 5.92 Å². The monoisotopic (exact) mass is 226 g/mol. The van der Waals surface area contributed by atoms with E-state index >= 15 is 0 Å². The van der Waals surface area contributed by atoms with Crippen LogP contribution in [-0.4, -0.2) is 32.4 Å². The summed E-state index contributed by atoms with van der Waals surface area (Å²) in [7, 11) is 0. The highest BCUT2D eigenvalue weighted by Gasteiger charge is 2.26. The lowest BCUT2D eigenvalue weighted by Gasteiger charge is -2.08. The maximum absolute atomic E-state index is 10.6. The third kappa shape index (κ3) is 2.63. The number of carbonyl (C=O) groups is 2. The van der Waals surface area contributed by atoms with Gasteiger partial charge in [0.25, 0.3) is 0 Å². The molecule has 0 aliphatic heterocycles. The lowest BCUT2D eigenvalue weighted by molar-refractivity contribution is -0.154. The molecule has 6 nitrogen and oxygen atoms in total. The van der Waals surface area contributed by atoms with Crippen molar-refractivity contribution < 1.29 is 30.0 Å². The topological polar surface area (TPSA) is 115 Å². The SMILES string of the molecule is O=C(O)C(Cc1ccc(O)c(O)c1)C(=O)O. The smallest absolute Gasteiger partial charge is 0.318 e. The van der Waals surface area contributed by atoms with Crippen LogP contribution in [0.4, 0.5) is 0 Å². The molecule has 1 rings (SSSR count). The van der Waals surface area contributed by atoms with Crippen LogP contribution in [0.15, 0.2) is 18.2 Å². The third-order valence-electron chi connectivity index (χ3n) is 2.08. The Balaban J connectivity index is 2.90. The molecule has 0 aliphatic rings. The summed E-state index contributed by atoms with van der Waals surface area (Å²) >= 11 is 0. The van der Waals surface area contributed by atoms with Gasteiger partial charge in [-0.05, 0) is 24.1 Å². The second kappa shape index (κ2) is 4.52. The fourth-order valence-corrected chi connectivity index (χ4v) is 1.21. The van der Waals surface area contributed by atoms with Crippen LogP contribution in [0.2, 0.25) is 0 Å². The van der Waals surface area contributed by atoms with Gasteiger partial charge in [0.15, 0.2) is 17.4 Å². The summed E-state index contributed by atoms with van der Waals surface area (Å²) in [5, 5.41) is 35.4. The molecule has 0 spiro atoms. The van der Waals surface area contributed by atoms with Gasteiger partial charge in [0.05, 0.1) is 0 Å². The predicted molar refractivity (Wildman–Crippen MR) is 52.2 cm³/mol. The molecule has 0 unspecified atom stereocenters. The van der Waals surface area contributed by atoms with E-state index in [0.29, 0.717) is 5.56 Å². The van der Waals surface area contributed by atoms with Crippen molar-refractivity contribution in [3.63, 3.8) is 0 Å². The van der Waals surface area contributed by atoms with Crippen LogP contribution in [0.3, 0.4) is 0 Å². The summed E-state index contributed by atoms with van der Waals surface area (Å²) in [6, 6.07) is 3.66. The zero-order valence-corrected chi connectivity index (χ0v) is 8.12. The highest BCUT2D eigenvalue weighted by molar-refractivity contribution is 5.93. The lowest BCUT2D eigenvalue weighted by Crippen LogP contribution is -2.25. The molecule has 0 atom stereocenters. The van der Waals surface area contributed by atoms with E-state index in [4.69, 9.17) is 20.4 Å². The Bertz CT molecular complexity index is 411. The van der Waals surface area contributed by atoms with E-state index in [1.54, 1.807) is 0 Å². The van der Waals surface area contributed by atoms with Gasteiger partial charge in [-0.25, -0.2) is 0 Å². The Labute approximate surface area is 90.4 Å². The molecule has 1 aromatic rings. The summed E-state index contributed by atoms with van der Waals surface area (Å²) in [5.74, 6) is -5.21. The average molecular weight is 226 g/mol. The van der Waals surface area contributed by atoms with Crippen LogP contribution in [0.1, 0.15) is 5.56 Å². The second-order valence-corrected chi connectivity index (χ2v) is 3.26.